The fourth-order valence-corrected chi connectivity index (χ4v) is 1.90. The van der Waals surface area contributed by atoms with Crippen molar-refractivity contribution in [1.82, 2.24) is 14.8 Å². The zero-order valence-electron chi connectivity index (χ0n) is 10.1. The molecule has 0 bridgehead atoms. The van der Waals surface area contributed by atoms with Crippen molar-refractivity contribution in [1.29, 1.82) is 0 Å². The second-order valence-electron chi connectivity index (χ2n) is 3.95. The summed E-state index contributed by atoms with van der Waals surface area (Å²) >= 11 is 5.78. The lowest BCUT2D eigenvalue weighted by molar-refractivity contribution is 0.0683. The minimum Gasteiger partial charge on any atom is -0.475 e. The zero-order chi connectivity index (χ0) is 14.0. The van der Waals surface area contributed by atoms with Crippen LogP contribution in [-0.4, -0.2) is 25.8 Å². The topological polar surface area (TPSA) is 68.0 Å². The van der Waals surface area contributed by atoms with E-state index in [-0.39, 0.29) is 10.8 Å². The van der Waals surface area contributed by atoms with E-state index in [0.29, 0.717) is 17.9 Å². The molecule has 0 radical (unpaired) electrons. The van der Waals surface area contributed by atoms with E-state index < -0.39 is 11.8 Å². The molecule has 0 saturated heterocycles. The van der Waals surface area contributed by atoms with Gasteiger partial charge in [-0.3, -0.25) is 0 Å². The SMILES string of the molecule is CCCc1nc(C(=O)O)nn1-c1cc(F)cc(Cl)c1. The number of carboxylic acid groups (broad SMARTS) is 1. The second kappa shape index (κ2) is 5.36. The first-order valence-electron chi connectivity index (χ1n) is 5.67. The van der Waals surface area contributed by atoms with Crippen LogP contribution in [0.2, 0.25) is 5.02 Å². The molecule has 0 aliphatic carbocycles. The second-order valence-corrected chi connectivity index (χ2v) is 4.38. The van der Waals surface area contributed by atoms with Gasteiger partial charge in [0.25, 0.3) is 5.82 Å². The standard InChI is InChI=1S/C12H11ClFN3O2/c1-2-3-10-15-11(12(18)19)16-17(10)9-5-7(13)4-8(14)6-9/h4-6H,2-3H2,1H3,(H,18,19). The van der Waals surface area contributed by atoms with E-state index >= 15 is 0 Å². The van der Waals surface area contributed by atoms with Gasteiger partial charge in [-0.2, -0.15) is 0 Å². The van der Waals surface area contributed by atoms with Gasteiger partial charge < -0.3 is 5.11 Å². The van der Waals surface area contributed by atoms with Crippen molar-refractivity contribution < 1.29 is 14.3 Å². The summed E-state index contributed by atoms with van der Waals surface area (Å²) in [6, 6.07) is 3.90. The van der Waals surface area contributed by atoms with Gasteiger partial charge in [0.05, 0.1) is 5.69 Å². The van der Waals surface area contributed by atoms with Crippen molar-refractivity contribution in [3.63, 3.8) is 0 Å². The highest BCUT2D eigenvalue weighted by Gasteiger charge is 2.16. The zero-order valence-corrected chi connectivity index (χ0v) is 10.9. The number of hydrogen-bond donors (Lipinski definition) is 1. The lowest BCUT2D eigenvalue weighted by Crippen LogP contribution is -2.04. The van der Waals surface area contributed by atoms with Crippen LogP contribution in [0.1, 0.15) is 29.8 Å². The Labute approximate surface area is 113 Å². The average molecular weight is 284 g/mol. The smallest absolute Gasteiger partial charge is 0.375 e. The highest BCUT2D eigenvalue weighted by Crippen LogP contribution is 2.19. The molecule has 2 aromatic rings. The van der Waals surface area contributed by atoms with E-state index in [0.717, 1.165) is 6.42 Å². The Bertz CT molecular complexity index is 607. The van der Waals surface area contributed by atoms with Crippen LogP contribution in [-0.2, 0) is 6.42 Å². The van der Waals surface area contributed by atoms with Gasteiger partial charge >= 0.3 is 5.97 Å². The quantitative estimate of drug-likeness (QED) is 0.937. The Kier molecular flexibility index (Phi) is 3.80. The first kappa shape index (κ1) is 13.5. The van der Waals surface area contributed by atoms with Crippen LogP contribution in [0.25, 0.3) is 5.69 Å². The minimum absolute atomic E-state index is 0.213. The van der Waals surface area contributed by atoms with Crippen molar-refractivity contribution in [2.45, 2.75) is 19.8 Å². The molecule has 0 unspecified atom stereocenters. The van der Waals surface area contributed by atoms with E-state index in [2.05, 4.69) is 10.1 Å². The van der Waals surface area contributed by atoms with Gasteiger partial charge in [0.15, 0.2) is 0 Å². The number of aromatic carboxylic acids is 1. The van der Waals surface area contributed by atoms with E-state index in [1.807, 2.05) is 6.92 Å². The van der Waals surface area contributed by atoms with Gasteiger partial charge in [-0.15, -0.1) is 5.10 Å². The molecule has 19 heavy (non-hydrogen) atoms. The van der Waals surface area contributed by atoms with Gasteiger partial charge in [-0.25, -0.2) is 18.9 Å². The van der Waals surface area contributed by atoms with Gasteiger partial charge in [0.2, 0.25) is 0 Å². The van der Waals surface area contributed by atoms with E-state index in [9.17, 15) is 9.18 Å². The Balaban J connectivity index is 2.55. The summed E-state index contributed by atoms with van der Waals surface area (Å²) in [5.41, 5.74) is 0.355. The summed E-state index contributed by atoms with van der Waals surface area (Å²) in [6.45, 7) is 1.93. The molecular weight excluding hydrogens is 273 g/mol. The molecule has 7 heteroatoms. The Morgan fingerprint density at radius 1 is 1.47 bits per heavy atom. The van der Waals surface area contributed by atoms with Crippen molar-refractivity contribution >= 4 is 17.6 Å². The Hall–Kier alpha value is -1.95. The molecule has 0 aliphatic rings. The molecule has 2 rings (SSSR count). The third kappa shape index (κ3) is 2.90. The number of halogens is 2. The predicted octanol–water partition coefficient (Wildman–Crippen LogP) is 2.71. The molecule has 0 amide bonds. The minimum atomic E-state index is -1.22. The maximum absolute atomic E-state index is 13.3. The molecule has 1 N–H and O–H groups in total. The third-order valence-corrected chi connectivity index (χ3v) is 2.65. The molecular formula is C12H11ClFN3O2. The third-order valence-electron chi connectivity index (χ3n) is 2.43. The van der Waals surface area contributed by atoms with E-state index in [1.165, 1.54) is 22.9 Å². The number of nitrogens with zero attached hydrogens (tertiary/aromatic N) is 3. The molecule has 0 saturated carbocycles. The van der Waals surface area contributed by atoms with Crippen LogP contribution < -0.4 is 0 Å². The predicted molar refractivity (Wildman–Crippen MR) is 67.3 cm³/mol. The van der Waals surface area contributed by atoms with Crippen molar-refractivity contribution in [2.75, 3.05) is 0 Å². The van der Waals surface area contributed by atoms with Gasteiger partial charge in [-0.1, -0.05) is 18.5 Å². The number of aromatic nitrogens is 3. The van der Waals surface area contributed by atoms with E-state index in [1.54, 1.807) is 0 Å². The maximum Gasteiger partial charge on any atom is 0.375 e. The Morgan fingerprint density at radius 2 is 2.21 bits per heavy atom. The molecule has 1 aromatic heterocycles. The molecule has 1 aromatic carbocycles. The number of carboxylic acids is 1. The fraction of sp³-hybridized carbons (Fsp3) is 0.250. The van der Waals surface area contributed by atoms with Crippen molar-refractivity contribution in [3.8, 4) is 5.69 Å². The normalized spacial score (nSPS) is 10.7. The monoisotopic (exact) mass is 283 g/mol. The summed E-state index contributed by atoms with van der Waals surface area (Å²) in [4.78, 5) is 14.8. The lowest BCUT2D eigenvalue weighted by Gasteiger charge is -2.05. The highest BCUT2D eigenvalue weighted by atomic mass is 35.5. The van der Waals surface area contributed by atoms with Crippen LogP contribution in [0.15, 0.2) is 18.2 Å². The number of carbonyl (C=O) groups is 1. The van der Waals surface area contributed by atoms with Crippen LogP contribution in [0.3, 0.4) is 0 Å². The molecule has 0 spiro atoms. The maximum atomic E-state index is 13.3. The summed E-state index contributed by atoms with van der Waals surface area (Å²) in [7, 11) is 0. The molecule has 1 heterocycles. The number of rotatable bonds is 4. The molecule has 0 fully saturated rings. The fourth-order valence-electron chi connectivity index (χ4n) is 1.69. The Morgan fingerprint density at radius 3 is 2.79 bits per heavy atom. The number of aryl methyl sites for hydroxylation is 1. The largest absolute Gasteiger partial charge is 0.475 e. The highest BCUT2D eigenvalue weighted by molar-refractivity contribution is 6.30. The van der Waals surface area contributed by atoms with Crippen molar-refractivity contribution in [2.24, 2.45) is 0 Å². The molecule has 5 nitrogen and oxygen atoms in total. The van der Waals surface area contributed by atoms with E-state index in [4.69, 9.17) is 16.7 Å². The number of hydrogen-bond acceptors (Lipinski definition) is 3. The van der Waals surface area contributed by atoms with Crippen molar-refractivity contribution in [3.05, 3.63) is 40.7 Å². The average Bonchev–Trinajstić information content (AvgIpc) is 2.72. The number of benzene rings is 1. The first-order chi connectivity index (χ1) is 9.01. The summed E-state index contributed by atoms with van der Waals surface area (Å²) in [5.74, 6) is -1.60. The summed E-state index contributed by atoms with van der Waals surface area (Å²) in [6.07, 6.45) is 1.30. The summed E-state index contributed by atoms with van der Waals surface area (Å²) in [5, 5.41) is 13.0. The summed E-state index contributed by atoms with van der Waals surface area (Å²) < 4.78 is 14.6. The molecule has 0 atom stereocenters. The van der Waals surface area contributed by atoms with Crippen LogP contribution >= 0.6 is 11.6 Å². The van der Waals surface area contributed by atoms with Gasteiger partial charge in [0.1, 0.15) is 11.6 Å². The van der Waals surface area contributed by atoms with Gasteiger partial charge in [0, 0.05) is 11.4 Å². The molecule has 100 valence electrons. The van der Waals surface area contributed by atoms with Crippen LogP contribution in [0.5, 0.6) is 0 Å². The van der Waals surface area contributed by atoms with Crippen LogP contribution in [0, 0.1) is 5.82 Å². The molecule has 0 aliphatic heterocycles. The lowest BCUT2D eigenvalue weighted by atomic mass is 10.3. The van der Waals surface area contributed by atoms with Gasteiger partial charge in [-0.05, 0) is 24.6 Å². The first-order valence-corrected chi connectivity index (χ1v) is 6.04. The van der Waals surface area contributed by atoms with Crippen LogP contribution in [0.4, 0.5) is 4.39 Å².